The van der Waals surface area contributed by atoms with Crippen LogP contribution in [0.3, 0.4) is 0 Å². The normalized spacial score (nSPS) is 17.6. The molecule has 0 spiro atoms. The topological polar surface area (TPSA) is 77.1 Å². The Labute approximate surface area is 154 Å². The van der Waals surface area contributed by atoms with Crippen molar-refractivity contribution in [2.75, 3.05) is 6.54 Å². The minimum Gasteiger partial charge on any atom is -0.416 e. The van der Waals surface area contributed by atoms with Gasteiger partial charge < -0.3 is 13.9 Å². The van der Waals surface area contributed by atoms with E-state index in [2.05, 4.69) is 22.1 Å². The van der Waals surface area contributed by atoms with Crippen LogP contribution < -0.4 is 0 Å². The molecule has 1 saturated carbocycles. The Kier molecular flexibility index (Phi) is 3.43. The number of amides is 1. The zero-order valence-corrected chi connectivity index (χ0v) is 14.9. The Balaban J connectivity index is 1.36. The van der Waals surface area contributed by atoms with Crippen LogP contribution in [0, 0.1) is 5.82 Å². The highest BCUT2D eigenvalue weighted by atomic mass is 19.1. The van der Waals surface area contributed by atoms with E-state index >= 15 is 0 Å². The van der Waals surface area contributed by atoms with Gasteiger partial charge in [-0.15, -0.1) is 10.2 Å². The van der Waals surface area contributed by atoms with Crippen molar-refractivity contribution in [3.05, 3.63) is 59.6 Å². The lowest BCUT2D eigenvalue weighted by molar-refractivity contribution is 0.0688. The van der Waals surface area contributed by atoms with E-state index in [9.17, 15) is 9.18 Å². The largest absolute Gasteiger partial charge is 0.416 e. The smallest absolute Gasteiger partial charge is 0.311 e. The van der Waals surface area contributed by atoms with Crippen LogP contribution in [0.1, 0.15) is 47.7 Å². The molecule has 0 atom stereocenters. The molecule has 2 aliphatic rings. The molecule has 1 amide bonds. The van der Waals surface area contributed by atoms with Gasteiger partial charge in [-0.1, -0.05) is 6.92 Å². The molecular weight excluding hydrogens is 349 g/mol. The van der Waals surface area contributed by atoms with E-state index in [1.807, 2.05) is 4.57 Å². The van der Waals surface area contributed by atoms with Crippen LogP contribution in [-0.4, -0.2) is 37.1 Å². The van der Waals surface area contributed by atoms with Crippen molar-refractivity contribution in [1.29, 1.82) is 0 Å². The van der Waals surface area contributed by atoms with Gasteiger partial charge in [-0.2, -0.15) is 0 Å². The Hall–Kier alpha value is -3.03. The molecule has 27 heavy (non-hydrogen) atoms. The summed E-state index contributed by atoms with van der Waals surface area (Å²) < 4.78 is 20.7. The highest BCUT2D eigenvalue weighted by Gasteiger charge is 2.45. The lowest BCUT2D eigenvalue weighted by atomic mass is 10.1. The number of hydrogen-bond acceptors (Lipinski definition) is 5. The van der Waals surface area contributed by atoms with Crippen LogP contribution in [0.15, 0.2) is 35.0 Å². The predicted molar refractivity (Wildman–Crippen MR) is 92.9 cm³/mol. The summed E-state index contributed by atoms with van der Waals surface area (Å²) in [5, 5.41) is 7.99. The standard InChI is InChI=1S/C19H18FN5O2/c1-19(7-8-19)18-23-22-16(27-18)17(26)24-9-6-15-14(10-24)21-11-25(15)13-4-2-12(20)3-5-13/h2-5,11H,6-10H2,1H3. The summed E-state index contributed by atoms with van der Waals surface area (Å²) in [4.78, 5) is 18.9. The summed E-state index contributed by atoms with van der Waals surface area (Å²) in [6, 6.07) is 6.28. The molecule has 0 saturated heterocycles. The van der Waals surface area contributed by atoms with Crippen molar-refractivity contribution < 1.29 is 13.6 Å². The van der Waals surface area contributed by atoms with E-state index in [0.29, 0.717) is 25.4 Å². The number of imidazole rings is 1. The third-order valence-electron chi connectivity index (χ3n) is 5.43. The molecule has 2 aromatic heterocycles. The van der Waals surface area contributed by atoms with Gasteiger partial charge in [-0.3, -0.25) is 4.79 Å². The number of fused-ring (bicyclic) bond motifs is 1. The number of carbonyl (C=O) groups excluding carboxylic acids is 1. The monoisotopic (exact) mass is 367 g/mol. The third kappa shape index (κ3) is 2.72. The van der Waals surface area contributed by atoms with Crippen molar-refractivity contribution in [3.63, 3.8) is 0 Å². The third-order valence-corrected chi connectivity index (χ3v) is 5.43. The minimum atomic E-state index is -0.275. The van der Waals surface area contributed by atoms with E-state index in [-0.39, 0.29) is 23.0 Å². The summed E-state index contributed by atoms with van der Waals surface area (Å²) in [6.45, 7) is 2.98. The van der Waals surface area contributed by atoms with Gasteiger partial charge in [0.05, 0.1) is 18.6 Å². The number of hydrogen-bond donors (Lipinski definition) is 0. The van der Waals surface area contributed by atoms with Crippen molar-refractivity contribution in [2.24, 2.45) is 0 Å². The molecule has 1 aliphatic heterocycles. The second-order valence-corrected chi connectivity index (χ2v) is 7.43. The predicted octanol–water partition coefficient (Wildman–Crippen LogP) is 2.64. The highest BCUT2D eigenvalue weighted by Crippen LogP contribution is 2.46. The average molecular weight is 367 g/mol. The van der Waals surface area contributed by atoms with Crippen LogP contribution in [0.5, 0.6) is 0 Å². The molecular formula is C19H18FN5O2. The Morgan fingerprint density at radius 1 is 1.22 bits per heavy atom. The summed E-state index contributed by atoms with van der Waals surface area (Å²) in [7, 11) is 0. The van der Waals surface area contributed by atoms with Gasteiger partial charge in [0.25, 0.3) is 0 Å². The minimum absolute atomic E-state index is 0.0412. The van der Waals surface area contributed by atoms with Crippen LogP contribution in [-0.2, 0) is 18.4 Å². The number of rotatable bonds is 3. The van der Waals surface area contributed by atoms with E-state index in [0.717, 1.165) is 29.9 Å². The van der Waals surface area contributed by atoms with Crippen molar-refractivity contribution in [2.45, 2.75) is 38.1 Å². The van der Waals surface area contributed by atoms with E-state index in [1.54, 1.807) is 23.4 Å². The van der Waals surface area contributed by atoms with Crippen molar-refractivity contribution >= 4 is 5.91 Å². The van der Waals surface area contributed by atoms with Gasteiger partial charge in [0.1, 0.15) is 5.82 Å². The summed E-state index contributed by atoms with van der Waals surface area (Å²) in [5.41, 5.74) is 2.65. The van der Waals surface area contributed by atoms with Gasteiger partial charge in [0.15, 0.2) is 0 Å². The fraction of sp³-hybridized carbons (Fsp3) is 0.368. The molecule has 8 heteroatoms. The molecule has 7 nitrogen and oxygen atoms in total. The molecule has 1 fully saturated rings. The van der Waals surface area contributed by atoms with E-state index in [1.165, 1.54) is 12.1 Å². The molecule has 0 unspecified atom stereocenters. The van der Waals surface area contributed by atoms with E-state index in [4.69, 9.17) is 4.42 Å². The summed E-state index contributed by atoms with van der Waals surface area (Å²) in [5.74, 6) is 0.0483. The average Bonchev–Trinajstić information content (AvgIpc) is 3.12. The van der Waals surface area contributed by atoms with Crippen LogP contribution in [0.2, 0.25) is 0 Å². The number of aromatic nitrogens is 4. The first kappa shape index (κ1) is 16.2. The van der Waals surface area contributed by atoms with Crippen LogP contribution in [0.4, 0.5) is 4.39 Å². The zero-order valence-electron chi connectivity index (χ0n) is 14.9. The Morgan fingerprint density at radius 3 is 2.74 bits per heavy atom. The second kappa shape index (κ2) is 5.73. The summed E-state index contributed by atoms with van der Waals surface area (Å²) >= 11 is 0. The summed E-state index contributed by atoms with van der Waals surface area (Å²) in [6.07, 6.45) is 4.38. The number of carbonyl (C=O) groups is 1. The molecule has 3 heterocycles. The second-order valence-electron chi connectivity index (χ2n) is 7.43. The van der Waals surface area contributed by atoms with E-state index < -0.39 is 0 Å². The maximum Gasteiger partial charge on any atom is 0.311 e. The maximum atomic E-state index is 13.2. The van der Waals surface area contributed by atoms with Crippen molar-refractivity contribution in [1.82, 2.24) is 24.6 Å². The molecule has 0 N–H and O–H groups in total. The highest BCUT2D eigenvalue weighted by molar-refractivity contribution is 5.89. The fourth-order valence-electron chi connectivity index (χ4n) is 3.40. The molecule has 5 rings (SSSR count). The van der Waals surface area contributed by atoms with Gasteiger partial charge in [-0.25, -0.2) is 9.37 Å². The molecule has 138 valence electrons. The number of benzene rings is 1. The first-order valence-electron chi connectivity index (χ1n) is 8.98. The molecule has 0 radical (unpaired) electrons. The maximum absolute atomic E-state index is 13.2. The lowest BCUT2D eigenvalue weighted by Crippen LogP contribution is -2.36. The first-order valence-corrected chi connectivity index (χ1v) is 8.98. The van der Waals surface area contributed by atoms with Crippen LogP contribution >= 0.6 is 0 Å². The van der Waals surface area contributed by atoms with Gasteiger partial charge in [0, 0.05) is 29.8 Å². The van der Waals surface area contributed by atoms with Crippen LogP contribution in [0.25, 0.3) is 5.69 Å². The van der Waals surface area contributed by atoms with Gasteiger partial charge >= 0.3 is 11.8 Å². The van der Waals surface area contributed by atoms with Gasteiger partial charge in [-0.05, 0) is 37.1 Å². The lowest BCUT2D eigenvalue weighted by Gasteiger charge is -2.25. The van der Waals surface area contributed by atoms with Crippen molar-refractivity contribution in [3.8, 4) is 5.69 Å². The quantitative estimate of drug-likeness (QED) is 0.711. The molecule has 1 aliphatic carbocycles. The zero-order chi connectivity index (χ0) is 18.6. The number of halogens is 1. The molecule has 3 aromatic rings. The Morgan fingerprint density at radius 2 is 2.00 bits per heavy atom. The first-order chi connectivity index (χ1) is 13.0. The molecule has 0 bridgehead atoms. The number of nitrogens with zero attached hydrogens (tertiary/aromatic N) is 5. The Bertz CT molecular complexity index is 1020. The fourth-order valence-corrected chi connectivity index (χ4v) is 3.40. The molecule has 1 aromatic carbocycles. The SMILES string of the molecule is CC1(c2nnc(C(=O)N3CCc4c(ncn4-c4ccc(F)cc4)C3)o2)CC1. The van der Waals surface area contributed by atoms with Gasteiger partial charge in [0.2, 0.25) is 5.89 Å².